The van der Waals surface area contributed by atoms with Gasteiger partial charge in [-0.15, -0.1) is 6.58 Å². The van der Waals surface area contributed by atoms with E-state index in [4.69, 9.17) is 9.47 Å². The predicted octanol–water partition coefficient (Wildman–Crippen LogP) is 4.11. The molecule has 2 aromatic rings. The number of amides is 2. The summed E-state index contributed by atoms with van der Waals surface area (Å²) >= 11 is 0. The minimum atomic E-state index is -0.402. The lowest BCUT2D eigenvalue weighted by Crippen LogP contribution is -2.32. The fourth-order valence-electron chi connectivity index (χ4n) is 3.12. The van der Waals surface area contributed by atoms with Crippen LogP contribution in [0.25, 0.3) is 5.57 Å². The van der Waals surface area contributed by atoms with Crippen molar-refractivity contribution in [2.75, 3.05) is 25.6 Å². The molecule has 2 amide bonds. The molecule has 0 aliphatic carbocycles. The van der Waals surface area contributed by atoms with Crippen LogP contribution in [0, 0.1) is 5.92 Å². The van der Waals surface area contributed by atoms with Gasteiger partial charge in [0, 0.05) is 6.54 Å². The van der Waals surface area contributed by atoms with E-state index >= 15 is 0 Å². The number of nitrogens with one attached hydrogen (secondary N) is 1. The van der Waals surface area contributed by atoms with Gasteiger partial charge in [-0.2, -0.15) is 0 Å². The highest BCUT2D eigenvalue weighted by Gasteiger charge is 2.38. The maximum absolute atomic E-state index is 13.1. The quantitative estimate of drug-likeness (QED) is 0.501. The molecule has 3 rings (SSSR count). The molecule has 6 nitrogen and oxygen atoms in total. The molecule has 0 saturated carbocycles. The van der Waals surface area contributed by atoms with Gasteiger partial charge < -0.3 is 14.8 Å². The number of imide groups is 1. The molecule has 1 N–H and O–H groups in total. The van der Waals surface area contributed by atoms with E-state index in [9.17, 15) is 9.59 Å². The molecule has 0 radical (unpaired) electrons. The summed E-state index contributed by atoms with van der Waals surface area (Å²) in [7, 11) is 1.55. The third kappa shape index (κ3) is 4.38. The zero-order chi connectivity index (χ0) is 21.7. The number of hydrogen-bond acceptors (Lipinski definition) is 5. The van der Waals surface area contributed by atoms with Crippen LogP contribution in [0.15, 0.2) is 66.9 Å². The Balaban J connectivity index is 2.00. The molecule has 156 valence electrons. The Labute approximate surface area is 176 Å². The number of para-hydroxylation sites is 2. The summed E-state index contributed by atoms with van der Waals surface area (Å²) in [6.07, 6.45) is 1.53. The summed E-state index contributed by atoms with van der Waals surface area (Å²) in [5.41, 5.74) is 1.76. The van der Waals surface area contributed by atoms with Crippen molar-refractivity contribution in [1.82, 2.24) is 4.90 Å². The van der Waals surface area contributed by atoms with Gasteiger partial charge in [-0.3, -0.25) is 14.5 Å². The van der Waals surface area contributed by atoms with Gasteiger partial charge in [-0.1, -0.05) is 44.2 Å². The van der Waals surface area contributed by atoms with Crippen molar-refractivity contribution in [3.05, 3.63) is 72.4 Å². The normalized spacial score (nSPS) is 13.8. The van der Waals surface area contributed by atoms with Crippen molar-refractivity contribution in [3.8, 4) is 11.5 Å². The Morgan fingerprint density at radius 2 is 1.77 bits per heavy atom. The van der Waals surface area contributed by atoms with Gasteiger partial charge >= 0.3 is 0 Å². The fraction of sp³-hybridized carbons (Fsp3) is 0.250. The molecule has 6 heteroatoms. The van der Waals surface area contributed by atoms with Crippen molar-refractivity contribution in [2.24, 2.45) is 5.92 Å². The molecule has 0 unspecified atom stereocenters. The molecule has 30 heavy (non-hydrogen) atoms. The second-order valence-corrected chi connectivity index (χ2v) is 7.31. The maximum Gasteiger partial charge on any atom is 0.278 e. The molecule has 1 aliphatic rings. The topological polar surface area (TPSA) is 67.9 Å². The fourth-order valence-corrected chi connectivity index (χ4v) is 3.12. The Bertz CT molecular complexity index is 977. The average Bonchev–Trinajstić information content (AvgIpc) is 2.97. The number of benzene rings is 2. The maximum atomic E-state index is 13.1. The van der Waals surface area contributed by atoms with Crippen molar-refractivity contribution in [2.45, 2.75) is 13.8 Å². The Morgan fingerprint density at radius 1 is 1.07 bits per heavy atom. The van der Waals surface area contributed by atoms with E-state index in [0.717, 1.165) is 0 Å². The van der Waals surface area contributed by atoms with Crippen molar-refractivity contribution >= 4 is 23.1 Å². The highest BCUT2D eigenvalue weighted by atomic mass is 16.5. The highest BCUT2D eigenvalue weighted by molar-refractivity contribution is 6.36. The molecular formula is C24H26N2O4. The lowest BCUT2D eigenvalue weighted by molar-refractivity contribution is -0.136. The minimum absolute atomic E-state index is 0.133. The molecule has 0 saturated heterocycles. The van der Waals surface area contributed by atoms with Crippen LogP contribution < -0.4 is 14.8 Å². The van der Waals surface area contributed by atoms with Crippen LogP contribution >= 0.6 is 0 Å². The van der Waals surface area contributed by atoms with Crippen LogP contribution in [0.3, 0.4) is 0 Å². The molecule has 2 aromatic carbocycles. The Kier molecular flexibility index (Phi) is 6.57. The molecule has 1 heterocycles. The van der Waals surface area contributed by atoms with Crippen LogP contribution in [0.5, 0.6) is 11.5 Å². The van der Waals surface area contributed by atoms with E-state index in [2.05, 4.69) is 25.7 Å². The number of ether oxygens (including phenoxy) is 2. The van der Waals surface area contributed by atoms with Gasteiger partial charge in [-0.25, -0.2) is 0 Å². The van der Waals surface area contributed by atoms with Crippen LogP contribution in [-0.2, 0) is 9.59 Å². The number of nitrogens with zero attached hydrogens (tertiary/aromatic N) is 1. The van der Waals surface area contributed by atoms with Crippen molar-refractivity contribution in [1.29, 1.82) is 0 Å². The molecule has 0 atom stereocenters. The van der Waals surface area contributed by atoms with E-state index in [1.807, 2.05) is 12.1 Å². The molecule has 0 bridgehead atoms. The van der Waals surface area contributed by atoms with E-state index in [1.165, 1.54) is 11.0 Å². The number of carbonyl (C=O) groups excluding carboxylic acids is 2. The summed E-state index contributed by atoms with van der Waals surface area (Å²) in [5.74, 6) is 0.927. The summed E-state index contributed by atoms with van der Waals surface area (Å²) in [4.78, 5) is 27.2. The van der Waals surface area contributed by atoms with Gasteiger partial charge in [0.1, 0.15) is 17.2 Å². The number of anilines is 1. The smallest absolute Gasteiger partial charge is 0.278 e. The molecular weight excluding hydrogens is 380 g/mol. The molecule has 0 spiro atoms. The summed E-state index contributed by atoms with van der Waals surface area (Å²) < 4.78 is 11.1. The van der Waals surface area contributed by atoms with Crippen molar-refractivity contribution < 1.29 is 19.1 Å². The van der Waals surface area contributed by atoms with Gasteiger partial charge in [-0.05, 0) is 35.7 Å². The van der Waals surface area contributed by atoms with Gasteiger partial charge in [0.2, 0.25) is 0 Å². The number of carbonyl (C=O) groups is 2. The van der Waals surface area contributed by atoms with Crippen LogP contribution in [0.1, 0.15) is 19.4 Å². The first-order chi connectivity index (χ1) is 14.5. The lowest BCUT2D eigenvalue weighted by Gasteiger charge is -2.13. The summed E-state index contributed by atoms with van der Waals surface area (Å²) in [6, 6.07) is 14.4. The van der Waals surface area contributed by atoms with Gasteiger partial charge in [0.25, 0.3) is 11.8 Å². The molecule has 1 aliphatic heterocycles. The molecule has 0 fully saturated rings. The number of rotatable bonds is 9. The monoisotopic (exact) mass is 406 g/mol. The number of hydrogen-bond donors (Lipinski definition) is 1. The van der Waals surface area contributed by atoms with E-state index < -0.39 is 5.91 Å². The first-order valence-corrected chi connectivity index (χ1v) is 9.81. The minimum Gasteiger partial charge on any atom is -0.495 e. The van der Waals surface area contributed by atoms with E-state index in [0.29, 0.717) is 40.8 Å². The summed E-state index contributed by atoms with van der Waals surface area (Å²) in [5, 5.41) is 3.11. The SMILES string of the molecule is C=CCN1C(=O)C(Nc2ccccc2OC)=C(c2ccc(OCC(C)C)cc2)C1=O. The van der Waals surface area contributed by atoms with Crippen LogP contribution in [0.2, 0.25) is 0 Å². The largest absolute Gasteiger partial charge is 0.495 e. The standard InChI is InChI=1S/C24H26N2O4/c1-5-14-26-23(27)21(17-10-12-18(13-11-17)30-15-16(2)3)22(24(26)28)25-19-8-6-7-9-20(19)29-4/h5-13,16,25H,1,14-15H2,2-4H3. The highest BCUT2D eigenvalue weighted by Crippen LogP contribution is 2.33. The third-order valence-electron chi connectivity index (χ3n) is 4.57. The molecule has 0 aromatic heterocycles. The predicted molar refractivity (Wildman–Crippen MR) is 117 cm³/mol. The average molecular weight is 406 g/mol. The second kappa shape index (κ2) is 9.31. The first kappa shape index (κ1) is 21.2. The summed E-state index contributed by atoms with van der Waals surface area (Å²) in [6.45, 7) is 8.54. The van der Waals surface area contributed by atoms with E-state index in [1.54, 1.807) is 43.5 Å². The van der Waals surface area contributed by atoms with Gasteiger partial charge in [0.05, 0.1) is 25.0 Å². The zero-order valence-electron chi connectivity index (χ0n) is 17.5. The lowest BCUT2D eigenvalue weighted by atomic mass is 10.0. The zero-order valence-corrected chi connectivity index (χ0v) is 17.5. The van der Waals surface area contributed by atoms with Gasteiger partial charge in [0.15, 0.2) is 0 Å². The van der Waals surface area contributed by atoms with Crippen LogP contribution in [0.4, 0.5) is 5.69 Å². The number of methoxy groups -OCH3 is 1. The third-order valence-corrected chi connectivity index (χ3v) is 4.57. The van der Waals surface area contributed by atoms with Crippen molar-refractivity contribution in [3.63, 3.8) is 0 Å². The van der Waals surface area contributed by atoms with E-state index in [-0.39, 0.29) is 18.1 Å². The Hall–Kier alpha value is -3.54. The second-order valence-electron chi connectivity index (χ2n) is 7.31. The van der Waals surface area contributed by atoms with Crippen LogP contribution in [-0.4, -0.2) is 37.0 Å². The first-order valence-electron chi connectivity index (χ1n) is 9.81. The Morgan fingerprint density at radius 3 is 2.40 bits per heavy atom.